The summed E-state index contributed by atoms with van der Waals surface area (Å²) in [6.45, 7) is 4.51. The van der Waals surface area contributed by atoms with E-state index in [0.29, 0.717) is 13.1 Å². The van der Waals surface area contributed by atoms with E-state index in [1.165, 1.54) is 0 Å². The van der Waals surface area contributed by atoms with E-state index in [1.54, 1.807) is 0 Å². The molecule has 5 nitrogen and oxygen atoms in total. The molecule has 1 fully saturated rings. The van der Waals surface area contributed by atoms with E-state index in [0.717, 1.165) is 30.8 Å². The smallest absolute Gasteiger partial charge is 0.234 e. The second-order valence-corrected chi connectivity index (χ2v) is 5.24. The van der Waals surface area contributed by atoms with Gasteiger partial charge in [-0.2, -0.15) is 0 Å². The number of hydrogen-bond acceptors (Lipinski definition) is 4. The molecule has 1 unspecified atom stereocenters. The molecule has 2 N–H and O–H groups in total. The van der Waals surface area contributed by atoms with Crippen LogP contribution >= 0.6 is 0 Å². The second kappa shape index (κ2) is 7.05. The lowest BCUT2D eigenvalue weighted by Gasteiger charge is -2.30. The second-order valence-electron chi connectivity index (χ2n) is 5.24. The molecule has 1 amide bonds. The number of likely N-dealkylation sites (tertiary alicyclic amines) is 1. The number of oxime groups is 1. The first-order valence-corrected chi connectivity index (χ1v) is 6.93. The van der Waals surface area contributed by atoms with Crippen LogP contribution in [0.1, 0.15) is 18.9 Å². The van der Waals surface area contributed by atoms with Gasteiger partial charge in [0.25, 0.3) is 0 Å². The topological polar surface area (TPSA) is 64.9 Å². The van der Waals surface area contributed by atoms with Crippen LogP contribution in [0.25, 0.3) is 0 Å². The molecule has 5 heteroatoms. The Morgan fingerprint density at radius 2 is 2.20 bits per heavy atom. The third kappa shape index (κ3) is 4.06. The average molecular weight is 275 g/mol. The summed E-state index contributed by atoms with van der Waals surface area (Å²) in [4.78, 5) is 14.0. The third-order valence-electron chi connectivity index (χ3n) is 3.61. The van der Waals surface area contributed by atoms with E-state index in [2.05, 4.69) is 15.4 Å². The molecule has 20 heavy (non-hydrogen) atoms. The van der Waals surface area contributed by atoms with Gasteiger partial charge in [-0.3, -0.25) is 9.69 Å². The van der Waals surface area contributed by atoms with Gasteiger partial charge in [0.1, 0.15) is 0 Å². The number of nitrogens with zero attached hydrogens (tertiary/aromatic N) is 2. The highest BCUT2D eigenvalue weighted by atomic mass is 16.4. The van der Waals surface area contributed by atoms with Crippen molar-refractivity contribution in [1.82, 2.24) is 10.2 Å². The monoisotopic (exact) mass is 275 g/mol. The van der Waals surface area contributed by atoms with Crippen molar-refractivity contribution in [3.63, 3.8) is 0 Å². The number of carbonyl (C=O) groups is 1. The number of hydrogen-bond donors (Lipinski definition) is 2. The summed E-state index contributed by atoms with van der Waals surface area (Å²) >= 11 is 0. The van der Waals surface area contributed by atoms with Crippen LogP contribution in [0, 0.1) is 5.92 Å². The predicted octanol–water partition coefficient (Wildman–Crippen LogP) is 1.47. The van der Waals surface area contributed by atoms with Gasteiger partial charge in [-0.1, -0.05) is 42.4 Å². The van der Waals surface area contributed by atoms with E-state index in [-0.39, 0.29) is 11.8 Å². The van der Waals surface area contributed by atoms with Gasteiger partial charge in [-0.05, 0) is 5.56 Å². The van der Waals surface area contributed by atoms with Crippen LogP contribution in [0.5, 0.6) is 0 Å². The Labute approximate surface area is 119 Å². The zero-order chi connectivity index (χ0) is 14.4. The van der Waals surface area contributed by atoms with Crippen LogP contribution in [0.3, 0.4) is 0 Å². The summed E-state index contributed by atoms with van der Waals surface area (Å²) in [5, 5.41) is 15.1. The number of rotatable bonds is 4. The Morgan fingerprint density at radius 3 is 2.85 bits per heavy atom. The average Bonchev–Trinajstić information content (AvgIpc) is 2.46. The molecule has 1 heterocycles. The minimum Gasteiger partial charge on any atom is -0.411 e. The minimum absolute atomic E-state index is 0.0328. The molecule has 1 aromatic rings. The molecule has 0 saturated carbocycles. The Kier molecular flexibility index (Phi) is 5.12. The SMILES string of the molecule is CC1CN(CC(=O)NCc2ccccc2)CC/C1=N\O. The normalized spacial score (nSPS) is 21.9. The molecule has 1 aliphatic rings. The number of benzene rings is 1. The van der Waals surface area contributed by atoms with Crippen molar-refractivity contribution in [2.45, 2.75) is 19.9 Å². The van der Waals surface area contributed by atoms with Crippen molar-refractivity contribution in [2.24, 2.45) is 11.1 Å². The fourth-order valence-electron chi connectivity index (χ4n) is 2.45. The van der Waals surface area contributed by atoms with Crippen LogP contribution in [0.2, 0.25) is 0 Å². The molecule has 0 aliphatic carbocycles. The first kappa shape index (κ1) is 14.5. The Balaban J connectivity index is 1.75. The van der Waals surface area contributed by atoms with Crippen molar-refractivity contribution in [3.05, 3.63) is 35.9 Å². The van der Waals surface area contributed by atoms with Gasteiger partial charge >= 0.3 is 0 Å². The maximum absolute atomic E-state index is 11.9. The zero-order valence-electron chi connectivity index (χ0n) is 11.7. The maximum Gasteiger partial charge on any atom is 0.234 e. The number of nitrogens with one attached hydrogen (secondary N) is 1. The lowest BCUT2D eigenvalue weighted by Crippen LogP contribution is -2.44. The molecule has 0 bridgehead atoms. The standard InChI is InChI=1S/C15H21N3O2/c1-12-10-18(8-7-14(12)17-20)11-15(19)16-9-13-5-3-2-4-6-13/h2-6,12,20H,7-11H2,1H3,(H,16,19)/b17-14+. The van der Waals surface area contributed by atoms with Crippen molar-refractivity contribution in [1.29, 1.82) is 0 Å². The third-order valence-corrected chi connectivity index (χ3v) is 3.61. The molecule has 1 aromatic carbocycles. The highest BCUT2D eigenvalue weighted by Gasteiger charge is 2.23. The molecule has 0 spiro atoms. The van der Waals surface area contributed by atoms with E-state index < -0.39 is 0 Å². The van der Waals surface area contributed by atoms with Gasteiger partial charge in [0.2, 0.25) is 5.91 Å². The van der Waals surface area contributed by atoms with Crippen LogP contribution in [0.15, 0.2) is 35.5 Å². The van der Waals surface area contributed by atoms with E-state index in [4.69, 9.17) is 5.21 Å². The number of carbonyl (C=O) groups excluding carboxylic acids is 1. The first-order chi connectivity index (χ1) is 9.69. The summed E-state index contributed by atoms with van der Waals surface area (Å²) in [5.41, 5.74) is 1.92. The fourth-order valence-corrected chi connectivity index (χ4v) is 2.45. The number of piperidine rings is 1. The molecule has 108 valence electrons. The molecule has 0 aromatic heterocycles. The molecule has 2 rings (SSSR count). The summed E-state index contributed by atoms with van der Waals surface area (Å²) in [5.74, 6) is 0.237. The lowest BCUT2D eigenvalue weighted by atomic mass is 9.98. The molecule has 1 aliphatic heterocycles. The highest BCUT2D eigenvalue weighted by Crippen LogP contribution is 2.13. The highest BCUT2D eigenvalue weighted by molar-refractivity contribution is 5.87. The largest absolute Gasteiger partial charge is 0.411 e. The summed E-state index contributed by atoms with van der Waals surface area (Å²) in [6, 6.07) is 9.87. The van der Waals surface area contributed by atoms with Crippen LogP contribution in [0.4, 0.5) is 0 Å². The van der Waals surface area contributed by atoms with E-state index in [1.807, 2.05) is 37.3 Å². The van der Waals surface area contributed by atoms with Crippen molar-refractivity contribution < 1.29 is 10.0 Å². The van der Waals surface area contributed by atoms with Gasteiger partial charge in [0.15, 0.2) is 0 Å². The van der Waals surface area contributed by atoms with Gasteiger partial charge in [0, 0.05) is 32.0 Å². The Bertz CT molecular complexity index is 473. The van der Waals surface area contributed by atoms with Crippen molar-refractivity contribution >= 4 is 11.6 Å². The van der Waals surface area contributed by atoms with Gasteiger partial charge < -0.3 is 10.5 Å². The Morgan fingerprint density at radius 1 is 1.45 bits per heavy atom. The maximum atomic E-state index is 11.9. The quantitative estimate of drug-likeness (QED) is 0.646. The number of amides is 1. The molecular formula is C15H21N3O2. The molecular weight excluding hydrogens is 254 g/mol. The Hall–Kier alpha value is -1.88. The first-order valence-electron chi connectivity index (χ1n) is 6.93. The lowest BCUT2D eigenvalue weighted by molar-refractivity contribution is -0.122. The molecule has 1 atom stereocenters. The molecule has 0 radical (unpaired) electrons. The molecule has 1 saturated heterocycles. The van der Waals surface area contributed by atoms with Gasteiger partial charge in [-0.15, -0.1) is 0 Å². The van der Waals surface area contributed by atoms with Gasteiger partial charge in [-0.25, -0.2) is 0 Å². The van der Waals surface area contributed by atoms with Gasteiger partial charge in [0.05, 0.1) is 12.3 Å². The van der Waals surface area contributed by atoms with Crippen molar-refractivity contribution in [2.75, 3.05) is 19.6 Å². The van der Waals surface area contributed by atoms with Crippen LogP contribution in [-0.2, 0) is 11.3 Å². The summed E-state index contributed by atoms with van der Waals surface area (Å²) in [7, 11) is 0. The van der Waals surface area contributed by atoms with Crippen LogP contribution < -0.4 is 5.32 Å². The fraction of sp³-hybridized carbons (Fsp3) is 0.467. The van der Waals surface area contributed by atoms with Crippen LogP contribution in [-0.4, -0.2) is 41.4 Å². The van der Waals surface area contributed by atoms with Crippen molar-refractivity contribution in [3.8, 4) is 0 Å². The van der Waals surface area contributed by atoms with E-state index >= 15 is 0 Å². The zero-order valence-corrected chi connectivity index (χ0v) is 11.7. The van der Waals surface area contributed by atoms with E-state index in [9.17, 15) is 4.79 Å². The summed E-state index contributed by atoms with van der Waals surface area (Å²) < 4.78 is 0. The summed E-state index contributed by atoms with van der Waals surface area (Å²) in [6.07, 6.45) is 0.726. The predicted molar refractivity (Wildman–Crippen MR) is 77.7 cm³/mol. The minimum atomic E-state index is 0.0328.